The van der Waals surface area contributed by atoms with Crippen molar-refractivity contribution in [1.82, 2.24) is 9.97 Å². The van der Waals surface area contributed by atoms with Crippen molar-refractivity contribution in [3.8, 4) is 0 Å². The fraction of sp³-hybridized carbons (Fsp3) is 0.667. The predicted molar refractivity (Wildman–Crippen MR) is 85.9 cm³/mol. The van der Waals surface area contributed by atoms with Crippen molar-refractivity contribution in [2.75, 3.05) is 42.3 Å². The van der Waals surface area contributed by atoms with E-state index in [1.807, 2.05) is 32.8 Å². The third-order valence-corrected chi connectivity index (χ3v) is 3.60. The van der Waals surface area contributed by atoms with Gasteiger partial charge in [-0.05, 0) is 19.3 Å². The molecule has 0 spiro atoms. The van der Waals surface area contributed by atoms with Crippen molar-refractivity contribution in [3.05, 3.63) is 6.20 Å². The molecule has 21 heavy (non-hydrogen) atoms. The van der Waals surface area contributed by atoms with E-state index in [-0.39, 0.29) is 11.8 Å². The molecule has 2 rings (SSSR count). The fourth-order valence-corrected chi connectivity index (χ4v) is 2.32. The van der Waals surface area contributed by atoms with Crippen molar-refractivity contribution in [2.45, 2.75) is 33.1 Å². The van der Waals surface area contributed by atoms with Crippen LogP contribution in [0, 0.1) is 5.92 Å². The van der Waals surface area contributed by atoms with Gasteiger partial charge in [-0.2, -0.15) is 4.98 Å². The maximum Gasteiger partial charge on any atom is 0.227 e. The number of hydrogen-bond donors (Lipinski definition) is 1. The first kappa shape index (κ1) is 15.5. The van der Waals surface area contributed by atoms with Gasteiger partial charge in [0.25, 0.3) is 0 Å². The van der Waals surface area contributed by atoms with Crippen molar-refractivity contribution in [1.29, 1.82) is 0 Å². The summed E-state index contributed by atoms with van der Waals surface area (Å²) >= 11 is 0. The molecule has 1 saturated heterocycles. The van der Waals surface area contributed by atoms with E-state index in [4.69, 9.17) is 0 Å². The molecule has 1 fully saturated rings. The molecular weight excluding hydrogens is 266 g/mol. The summed E-state index contributed by atoms with van der Waals surface area (Å²) in [6.07, 6.45) is 5.37. The Morgan fingerprint density at radius 2 is 1.95 bits per heavy atom. The normalized spacial score (nSPS) is 15.2. The first-order valence-corrected chi connectivity index (χ1v) is 7.59. The predicted octanol–water partition coefficient (Wildman–Crippen LogP) is 2.13. The Morgan fingerprint density at radius 3 is 2.52 bits per heavy atom. The van der Waals surface area contributed by atoms with Crippen molar-refractivity contribution < 1.29 is 4.79 Å². The van der Waals surface area contributed by atoms with Gasteiger partial charge in [-0.15, -0.1) is 0 Å². The van der Waals surface area contributed by atoms with E-state index in [1.165, 1.54) is 19.3 Å². The lowest BCUT2D eigenvalue weighted by atomic mass is 10.1. The first-order valence-electron chi connectivity index (χ1n) is 7.59. The van der Waals surface area contributed by atoms with Gasteiger partial charge < -0.3 is 15.1 Å². The molecule has 0 radical (unpaired) electrons. The number of carbonyl (C=O) groups excluding carboxylic acids is 1. The summed E-state index contributed by atoms with van der Waals surface area (Å²) in [4.78, 5) is 25.1. The smallest absolute Gasteiger partial charge is 0.227 e. The van der Waals surface area contributed by atoms with Crippen LogP contribution >= 0.6 is 0 Å². The number of hydrogen-bond acceptors (Lipinski definition) is 5. The van der Waals surface area contributed by atoms with Crippen molar-refractivity contribution >= 4 is 23.4 Å². The summed E-state index contributed by atoms with van der Waals surface area (Å²) in [5.41, 5.74) is 0.666. The van der Waals surface area contributed by atoms with Crippen LogP contribution < -0.4 is 15.1 Å². The molecule has 0 aromatic carbocycles. The summed E-state index contributed by atoms with van der Waals surface area (Å²) in [7, 11) is 3.85. The second-order valence-electron chi connectivity index (χ2n) is 5.99. The van der Waals surface area contributed by atoms with E-state index in [0.717, 1.165) is 24.9 Å². The van der Waals surface area contributed by atoms with Crippen LogP contribution in [0.5, 0.6) is 0 Å². The third-order valence-electron chi connectivity index (χ3n) is 3.60. The highest BCUT2D eigenvalue weighted by molar-refractivity contribution is 5.94. The Morgan fingerprint density at radius 1 is 1.29 bits per heavy atom. The van der Waals surface area contributed by atoms with Crippen molar-refractivity contribution in [3.63, 3.8) is 0 Å². The Bertz CT molecular complexity index is 495. The summed E-state index contributed by atoms with van der Waals surface area (Å²) in [5, 5.41) is 2.90. The Kier molecular flexibility index (Phi) is 4.98. The average molecular weight is 291 g/mol. The minimum Gasteiger partial charge on any atom is -0.361 e. The lowest BCUT2D eigenvalue weighted by Gasteiger charge is -2.28. The molecule has 116 valence electrons. The zero-order valence-corrected chi connectivity index (χ0v) is 13.4. The number of nitrogens with zero attached hydrogens (tertiary/aromatic N) is 4. The highest BCUT2D eigenvalue weighted by Crippen LogP contribution is 2.25. The summed E-state index contributed by atoms with van der Waals surface area (Å²) in [5.74, 6) is 1.41. The number of rotatable bonds is 4. The Hall–Kier alpha value is -1.85. The lowest BCUT2D eigenvalue weighted by molar-refractivity contribution is -0.118. The molecule has 0 atom stereocenters. The Balaban J connectivity index is 2.24. The molecule has 0 aliphatic carbocycles. The van der Waals surface area contributed by atoms with Crippen LogP contribution in [-0.2, 0) is 4.79 Å². The van der Waals surface area contributed by atoms with E-state index >= 15 is 0 Å². The van der Waals surface area contributed by atoms with E-state index < -0.39 is 0 Å². The highest BCUT2D eigenvalue weighted by Gasteiger charge is 2.18. The van der Waals surface area contributed by atoms with E-state index in [2.05, 4.69) is 20.2 Å². The molecule has 1 N–H and O–H groups in total. The van der Waals surface area contributed by atoms with E-state index in [9.17, 15) is 4.79 Å². The van der Waals surface area contributed by atoms with Gasteiger partial charge in [-0.3, -0.25) is 4.79 Å². The molecule has 1 aliphatic rings. The monoisotopic (exact) mass is 291 g/mol. The average Bonchev–Trinajstić information content (AvgIpc) is 2.48. The van der Waals surface area contributed by atoms with Crippen LogP contribution in [0.3, 0.4) is 0 Å². The number of piperidine rings is 1. The van der Waals surface area contributed by atoms with E-state index in [1.54, 1.807) is 6.20 Å². The van der Waals surface area contributed by atoms with Gasteiger partial charge in [0.05, 0.1) is 6.20 Å². The zero-order valence-electron chi connectivity index (χ0n) is 13.4. The molecule has 1 aromatic heterocycles. The van der Waals surface area contributed by atoms with Crippen LogP contribution in [-0.4, -0.2) is 43.1 Å². The lowest BCUT2D eigenvalue weighted by Crippen LogP contribution is -2.31. The second-order valence-corrected chi connectivity index (χ2v) is 5.99. The maximum atomic E-state index is 11.9. The first-order chi connectivity index (χ1) is 9.99. The van der Waals surface area contributed by atoms with Crippen LogP contribution in [0.2, 0.25) is 0 Å². The van der Waals surface area contributed by atoms with Gasteiger partial charge in [-0.25, -0.2) is 4.98 Å². The summed E-state index contributed by atoms with van der Waals surface area (Å²) in [6.45, 7) is 5.75. The second kappa shape index (κ2) is 6.74. The maximum absolute atomic E-state index is 11.9. The number of amides is 1. The number of aromatic nitrogens is 2. The van der Waals surface area contributed by atoms with E-state index in [0.29, 0.717) is 5.69 Å². The molecule has 6 nitrogen and oxygen atoms in total. The largest absolute Gasteiger partial charge is 0.361 e. The highest BCUT2D eigenvalue weighted by atomic mass is 16.1. The molecule has 1 aliphatic heterocycles. The van der Waals surface area contributed by atoms with Gasteiger partial charge in [0.1, 0.15) is 5.69 Å². The number of anilines is 3. The van der Waals surface area contributed by atoms with Gasteiger partial charge in [0.2, 0.25) is 11.9 Å². The molecule has 0 saturated carbocycles. The van der Waals surface area contributed by atoms with Crippen LogP contribution in [0.25, 0.3) is 0 Å². The molecule has 0 unspecified atom stereocenters. The Labute approximate surface area is 126 Å². The van der Waals surface area contributed by atoms with Crippen molar-refractivity contribution in [2.24, 2.45) is 5.92 Å². The van der Waals surface area contributed by atoms with Gasteiger partial charge in [0.15, 0.2) is 5.82 Å². The third kappa shape index (κ3) is 3.83. The molecule has 1 aromatic rings. The molecule has 1 amide bonds. The van der Waals surface area contributed by atoms with Gasteiger partial charge >= 0.3 is 0 Å². The van der Waals surface area contributed by atoms with Crippen LogP contribution in [0.1, 0.15) is 33.1 Å². The summed E-state index contributed by atoms with van der Waals surface area (Å²) < 4.78 is 0. The van der Waals surface area contributed by atoms with Crippen LogP contribution in [0.4, 0.5) is 17.5 Å². The quantitative estimate of drug-likeness (QED) is 0.921. The van der Waals surface area contributed by atoms with Gasteiger partial charge in [-0.1, -0.05) is 13.8 Å². The molecular formula is C15H25N5O. The number of nitrogens with one attached hydrogen (secondary N) is 1. The minimum atomic E-state index is -0.0678. The zero-order chi connectivity index (χ0) is 15.4. The fourth-order valence-electron chi connectivity index (χ4n) is 2.32. The summed E-state index contributed by atoms with van der Waals surface area (Å²) in [6, 6.07) is 0. The SMILES string of the molecule is CC(C)C(=O)Nc1cnc(N2CCCCC2)nc1N(C)C. The standard InChI is InChI=1S/C15H25N5O/c1-11(2)14(21)17-12-10-16-15(18-13(12)19(3)4)20-8-6-5-7-9-20/h10-11H,5-9H2,1-4H3,(H,17,21). The van der Waals surface area contributed by atoms with Gasteiger partial charge in [0, 0.05) is 33.1 Å². The molecule has 2 heterocycles. The minimum absolute atomic E-state index is 0.0209. The number of carbonyl (C=O) groups is 1. The molecule has 6 heteroatoms. The molecule has 0 bridgehead atoms. The van der Waals surface area contributed by atoms with Crippen LogP contribution in [0.15, 0.2) is 6.20 Å². The topological polar surface area (TPSA) is 61.4 Å².